The molecule has 1 fully saturated rings. The van der Waals surface area contributed by atoms with E-state index in [9.17, 15) is 4.79 Å². The number of carbonyl (C=O) groups excluding carboxylic acids is 1. The van der Waals surface area contributed by atoms with Crippen LogP contribution in [-0.4, -0.2) is 17.1 Å². The molecule has 5 heteroatoms. The second-order valence-corrected chi connectivity index (χ2v) is 7.09. The minimum absolute atomic E-state index is 0.0341. The molecule has 1 amide bonds. The largest absolute Gasteiger partial charge is 0.273 e. The first-order valence-corrected chi connectivity index (χ1v) is 8.93. The van der Waals surface area contributed by atoms with Crippen molar-refractivity contribution in [1.29, 1.82) is 0 Å². The maximum absolute atomic E-state index is 12.3. The Kier molecular flexibility index (Phi) is 4.43. The van der Waals surface area contributed by atoms with Crippen molar-refractivity contribution >= 4 is 34.6 Å². The molecule has 0 radical (unpaired) electrons. The summed E-state index contributed by atoms with van der Waals surface area (Å²) in [6.07, 6.45) is 4.30. The van der Waals surface area contributed by atoms with Gasteiger partial charge in [-0.1, -0.05) is 29.8 Å². The Labute approximate surface area is 156 Å². The maximum atomic E-state index is 12.3. The van der Waals surface area contributed by atoms with Gasteiger partial charge in [0.25, 0.3) is 0 Å². The van der Waals surface area contributed by atoms with E-state index in [1.165, 1.54) is 0 Å². The molecule has 0 aliphatic heterocycles. The zero-order valence-corrected chi connectivity index (χ0v) is 15.1. The third-order valence-electron chi connectivity index (χ3n) is 4.71. The number of pyridine rings is 1. The van der Waals surface area contributed by atoms with Gasteiger partial charge in [0.15, 0.2) is 0 Å². The number of benzene rings is 2. The van der Waals surface area contributed by atoms with Crippen LogP contribution in [0, 0.1) is 12.8 Å². The summed E-state index contributed by atoms with van der Waals surface area (Å²) in [4.78, 5) is 16.7. The van der Waals surface area contributed by atoms with Crippen molar-refractivity contribution in [2.75, 3.05) is 0 Å². The molecule has 1 N–H and O–H groups in total. The van der Waals surface area contributed by atoms with E-state index in [0.29, 0.717) is 5.02 Å². The molecule has 4 rings (SSSR count). The fourth-order valence-electron chi connectivity index (χ4n) is 3.32. The van der Waals surface area contributed by atoms with Gasteiger partial charge in [-0.05, 0) is 66.3 Å². The lowest BCUT2D eigenvalue weighted by Gasteiger charge is -2.03. The molecule has 2 aromatic carbocycles. The monoisotopic (exact) mass is 363 g/mol. The van der Waals surface area contributed by atoms with E-state index < -0.39 is 0 Å². The number of nitrogens with one attached hydrogen (secondary N) is 1. The summed E-state index contributed by atoms with van der Waals surface area (Å²) in [6.45, 7) is 2.02. The number of rotatable bonds is 4. The highest BCUT2D eigenvalue weighted by Gasteiger charge is 2.43. The molecule has 1 aliphatic rings. The average Bonchev–Trinajstić information content (AvgIpc) is 3.43. The van der Waals surface area contributed by atoms with E-state index in [2.05, 4.69) is 15.5 Å². The number of hydrogen-bond acceptors (Lipinski definition) is 3. The van der Waals surface area contributed by atoms with Crippen LogP contribution in [0.4, 0.5) is 0 Å². The van der Waals surface area contributed by atoms with Gasteiger partial charge < -0.3 is 0 Å². The average molecular weight is 364 g/mol. The Morgan fingerprint density at radius 3 is 3.00 bits per heavy atom. The van der Waals surface area contributed by atoms with Crippen LogP contribution < -0.4 is 5.43 Å². The van der Waals surface area contributed by atoms with Crippen LogP contribution in [0.25, 0.3) is 10.9 Å². The molecule has 1 unspecified atom stereocenters. The molecule has 1 aromatic heterocycles. The van der Waals surface area contributed by atoms with Crippen molar-refractivity contribution in [2.24, 2.45) is 11.0 Å². The number of aromatic nitrogens is 1. The van der Waals surface area contributed by atoms with Crippen LogP contribution in [0.2, 0.25) is 5.02 Å². The molecule has 26 heavy (non-hydrogen) atoms. The summed E-state index contributed by atoms with van der Waals surface area (Å²) in [7, 11) is 0. The smallest absolute Gasteiger partial charge is 0.243 e. The number of aryl methyl sites for hydroxylation is 1. The number of nitrogens with zero attached hydrogens (tertiary/aromatic N) is 2. The van der Waals surface area contributed by atoms with E-state index >= 15 is 0 Å². The first kappa shape index (κ1) is 16.7. The van der Waals surface area contributed by atoms with Gasteiger partial charge >= 0.3 is 0 Å². The summed E-state index contributed by atoms with van der Waals surface area (Å²) in [5, 5.41) is 5.89. The first-order valence-electron chi connectivity index (χ1n) is 8.55. The molecule has 4 nitrogen and oxygen atoms in total. The van der Waals surface area contributed by atoms with Gasteiger partial charge in [-0.15, -0.1) is 0 Å². The van der Waals surface area contributed by atoms with Crippen molar-refractivity contribution in [2.45, 2.75) is 19.3 Å². The fourth-order valence-corrected chi connectivity index (χ4v) is 3.52. The summed E-state index contributed by atoms with van der Waals surface area (Å²) >= 11 is 6.02. The number of amides is 1. The van der Waals surface area contributed by atoms with Crippen molar-refractivity contribution in [3.63, 3.8) is 0 Å². The van der Waals surface area contributed by atoms with Crippen LogP contribution in [0.15, 0.2) is 59.8 Å². The van der Waals surface area contributed by atoms with Gasteiger partial charge in [0.1, 0.15) is 0 Å². The van der Waals surface area contributed by atoms with Gasteiger partial charge in [0, 0.05) is 22.5 Å². The van der Waals surface area contributed by atoms with Crippen molar-refractivity contribution in [3.05, 3.63) is 76.4 Å². The van der Waals surface area contributed by atoms with E-state index in [1.807, 2.05) is 55.5 Å². The molecule has 2 atom stereocenters. The molecule has 0 saturated heterocycles. The Morgan fingerprint density at radius 2 is 2.15 bits per heavy atom. The number of carbonyl (C=O) groups is 1. The predicted molar refractivity (Wildman–Crippen MR) is 105 cm³/mol. The lowest BCUT2D eigenvalue weighted by molar-refractivity contribution is -0.122. The van der Waals surface area contributed by atoms with Gasteiger partial charge in [-0.2, -0.15) is 5.10 Å². The molecular formula is C21H18ClN3O. The Morgan fingerprint density at radius 1 is 1.27 bits per heavy atom. The van der Waals surface area contributed by atoms with Crippen LogP contribution in [-0.2, 0) is 4.79 Å². The van der Waals surface area contributed by atoms with Crippen molar-refractivity contribution in [1.82, 2.24) is 10.4 Å². The molecule has 0 spiro atoms. The normalized spacial score (nSPS) is 19.0. The highest BCUT2D eigenvalue weighted by Crippen LogP contribution is 2.47. The third-order valence-corrected chi connectivity index (χ3v) is 4.95. The van der Waals surface area contributed by atoms with E-state index in [4.69, 9.17) is 11.6 Å². The maximum Gasteiger partial charge on any atom is 0.243 e. The lowest BCUT2D eigenvalue weighted by Crippen LogP contribution is -2.20. The van der Waals surface area contributed by atoms with Gasteiger partial charge in [0.05, 0.1) is 11.7 Å². The minimum Gasteiger partial charge on any atom is -0.273 e. The summed E-state index contributed by atoms with van der Waals surface area (Å²) in [5.41, 5.74) is 6.77. The lowest BCUT2D eigenvalue weighted by atomic mass is 10.1. The number of hydrazone groups is 1. The second kappa shape index (κ2) is 6.89. The molecular weight excluding hydrogens is 346 g/mol. The molecule has 0 bridgehead atoms. The summed E-state index contributed by atoms with van der Waals surface area (Å²) in [6, 6.07) is 15.6. The highest BCUT2D eigenvalue weighted by molar-refractivity contribution is 6.30. The zero-order chi connectivity index (χ0) is 18.1. The van der Waals surface area contributed by atoms with Crippen molar-refractivity contribution in [3.8, 4) is 0 Å². The Balaban J connectivity index is 1.41. The Bertz CT molecular complexity index is 1020. The summed E-state index contributed by atoms with van der Waals surface area (Å²) < 4.78 is 0. The SMILES string of the molecule is Cc1cc(C=NNC(=O)[C@H]2CC2c2cccc(Cl)c2)cc2cccnc12. The van der Waals surface area contributed by atoms with Crippen LogP contribution in [0.5, 0.6) is 0 Å². The molecule has 1 saturated carbocycles. The van der Waals surface area contributed by atoms with Gasteiger partial charge in [-0.3, -0.25) is 9.78 Å². The standard InChI is InChI=1S/C21H18ClN3O/c1-13-8-14(9-16-5-3-7-23-20(13)16)12-24-25-21(26)19-11-18(19)15-4-2-6-17(22)10-15/h2-10,12,18-19H,11H2,1H3,(H,25,26)/t18?,19-/m0/s1. The predicted octanol–water partition coefficient (Wildman–Crippen LogP) is 4.45. The molecule has 1 heterocycles. The van der Waals surface area contributed by atoms with Crippen LogP contribution in [0.1, 0.15) is 29.0 Å². The molecule has 3 aromatic rings. The fraction of sp³-hybridized carbons (Fsp3) is 0.190. The van der Waals surface area contributed by atoms with E-state index in [1.54, 1.807) is 12.4 Å². The minimum atomic E-state index is -0.0506. The molecule has 1 aliphatic carbocycles. The van der Waals surface area contributed by atoms with Crippen LogP contribution >= 0.6 is 11.6 Å². The third kappa shape index (κ3) is 3.46. The van der Waals surface area contributed by atoms with Gasteiger partial charge in [-0.25, -0.2) is 5.43 Å². The first-order chi connectivity index (χ1) is 12.6. The quantitative estimate of drug-likeness (QED) is 0.550. The summed E-state index contributed by atoms with van der Waals surface area (Å²) in [5.74, 6) is 0.149. The van der Waals surface area contributed by atoms with Gasteiger partial charge in [0.2, 0.25) is 5.91 Å². The number of hydrogen-bond donors (Lipinski definition) is 1. The van der Waals surface area contributed by atoms with Crippen LogP contribution in [0.3, 0.4) is 0 Å². The topological polar surface area (TPSA) is 54.4 Å². The Hall–Kier alpha value is -2.72. The van der Waals surface area contributed by atoms with Crippen molar-refractivity contribution < 1.29 is 4.79 Å². The van der Waals surface area contributed by atoms with E-state index in [-0.39, 0.29) is 17.7 Å². The van der Waals surface area contributed by atoms with E-state index in [0.717, 1.165) is 34.0 Å². The number of halogens is 1. The highest BCUT2D eigenvalue weighted by atomic mass is 35.5. The molecule has 130 valence electrons. The second-order valence-electron chi connectivity index (χ2n) is 6.65. The zero-order valence-electron chi connectivity index (χ0n) is 14.3. The number of fused-ring (bicyclic) bond motifs is 1.